The molecule has 200 valence electrons. The van der Waals surface area contributed by atoms with Crippen molar-refractivity contribution in [1.29, 1.82) is 5.26 Å². The van der Waals surface area contributed by atoms with E-state index in [1.54, 1.807) is 0 Å². The molecule has 5 rings (SSSR count). The molecule has 3 unspecified atom stereocenters. The summed E-state index contributed by atoms with van der Waals surface area (Å²) in [5, 5.41) is 9.76. The first-order valence-electron chi connectivity index (χ1n) is 14.1. The molecule has 5 nitrogen and oxygen atoms in total. The minimum Gasteiger partial charge on any atom is -0.398 e. The predicted octanol–water partition coefficient (Wildman–Crippen LogP) is 5.97. The molecule has 0 spiro atoms. The molecule has 6 heteroatoms. The third-order valence-electron chi connectivity index (χ3n) is 8.66. The van der Waals surface area contributed by atoms with Gasteiger partial charge in [0.2, 0.25) is 0 Å². The quantitative estimate of drug-likeness (QED) is 0.507. The Labute approximate surface area is 222 Å². The number of hydrogen-bond donors (Lipinski definition) is 1. The Bertz CT molecular complexity index is 1150. The second-order valence-corrected chi connectivity index (χ2v) is 11.6. The Morgan fingerprint density at radius 1 is 1.30 bits per heavy atom. The van der Waals surface area contributed by atoms with Gasteiger partial charge in [0.1, 0.15) is 12.2 Å². The van der Waals surface area contributed by atoms with Crippen molar-refractivity contribution < 1.29 is 4.39 Å². The number of benzene rings is 1. The fraction of sp³-hybridized carbons (Fsp3) is 0.613. The van der Waals surface area contributed by atoms with Gasteiger partial charge in [0, 0.05) is 48.9 Å². The van der Waals surface area contributed by atoms with Crippen LogP contribution in [0.3, 0.4) is 0 Å². The van der Waals surface area contributed by atoms with Gasteiger partial charge in [0.05, 0.1) is 5.56 Å². The molecule has 0 bridgehead atoms. The summed E-state index contributed by atoms with van der Waals surface area (Å²) in [4.78, 5) is 9.46. The van der Waals surface area contributed by atoms with E-state index in [0.717, 1.165) is 57.2 Å². The van der Waals surface area contributed by atoms with Gasteiger partial charge < -0.3 is 10.6 Å². The molecule has 1 aromatic heterocycles. The van der Waals surface area contributed by atoms with Crippen molar-refractivity contribution in [3.63, 3.8) is 0 Å². The van der Waals surface area contributed by atoms with E-state index in [0.29, 0.717) is 23.7 Å². The van der Waals surface area contributed by atoms with Crippen molar-refractivity contribution in [2.24, 2.45) is 0 Å². The molecule has 2 aliphatic heterocycles. The zero-order chi connectivity index (χ0) is 26.7. The van der Waals surface area contributed by atoms with Crippen LogP contribution in [0.1, 0.15) is 92.4 Å². The van der Waals surface area contributed by atoms with Crippen LogP contribution in [0, 0.1) is 11.3 Å². The highest BCUT2D eigenvalue weighted by Gasteiger charge is 2.44. The molecule has 3 aliphatic rings. The number of aromatic nitrogens is 1. The van der Waals surface area contributed by atoms with Gasteiger partial charge in [-0.3, -0.25) is 9.88 Å². The van der Waals surface area contributed by atoms with E-state index in [1.807, 2.05) is 6.07 Å². The van der Waals surface area contributed by atoms with E-state index >= 15 is 0 Å². The van der Waals surface area contributed by atoms with Crippen LogP contribution >= 0.6 is 0 Å². The normalized spacial score (nSPS) is 24.6. The Morgan fingerprint density at radius 3 is 2.73 bits per heavy atom. The van der Waals surface area contributed by atoms with Crippen LogP contribution in [0.5, 0.6) is 0 Å². The number of aryl methyl sites for hydroxylation is 2. The highest BCUT2D eigenvalue weighted by Crippen LogP contribution is 2.41. The van der Waals surface area contributed by atoms with Crippen LogP contribution in [0.4, 0.5) is 15.8 Å². The van der Waals surface area contributed by atoms with E-state index in [1.165, 1.54) is 40.9 Å². The summed E-state index contributed by atoms with van der Waals surface area (Å²) in [7, 11) is 4.21. The molecule has 2 N–H and O–H groups in total. The Balaban J connectivity index is 0.000000265. The summed E-state index contributed by atoms with van der Waals surface area (Å²) in [6, 6.07) is 8.61. The molecule has 1 aliphatic carbocycles. The van der Waals surface area contributed by atoms with Crippen LogP contribution < -0.4 is 10.6 Å². The number of rotatable bonds is 5. The fourth-order valence-electron chi connectivity index (χ4n) is 6.75. The number of halogens is 1. The summed E-state index contributed by atoms with van der Waals surface area (Å²) in [6.07, 6.45) is 8.59. The highest BCUT2D eigenvalue weighted by molar-refractivity contribution is 5.63. The predicted molar refractivity (Wildman–Crippen MR) is 151 cm³/mol. The fourth-order valence-corrected chi connectivity index (χ4v) is 6.75. The lowest BCUT2D eigenvalue weighted by Gasteiger charge is -2.30. The smallest absolute Gasteiger partial charge is 0.115 e. The first-order chi connectivity index (χ1) is 17.7. The van der Waals surface area contributed by atoms with Crippen LogP contribution in [-0.2, 0) is 25.7 Å². The van der Waals surface area contributed by atoms with Gasteiger partial charge in [-0.15, -0.1) is 0 Å². The second kappa shape index (κ2) is 11.4. The topological polar surface area (TPSA) is 69.2 Å². The minimum atomic E-state index is -0.551. The molecular formula is C31H44FN5. The molecule has 3 atom stereocenters. The summed E-state index contributed by atoms with van der Waals surface area (Å²) >= 11 is 0. The molecule has 2 aromatic rings. The Hall–Kier alpha value is -2.65. The molecule has 1 aromatic carbocycles. The number of pyridine rings is 1. The number of nitrogen functional groups attached to an aromatic ring is 1. The number of hydrogen-bond acceptors (Lipinski definition) is 5. The minimum absolute atomic E-state index is 0.236. The maximum absolute atomic E-state index is 12.8. The highest BCUT2D eigenvalue weighted by atomic mass is 19.1. The first kappa shape index (κ1) is 27.4. The van der Waals surface area contributed by atoms with Gasteiger partial charge in [-0.25, -0.2) is 4.39 Å². The molecule has 0 saturated carbocycles. The van der Waals surface area contributed by atoms with Crippen LogP contribution in [0.2, 0.25) is 0 Å². The SMILES string of the molecule is CC12CCCN1CC(F)C2.CCCc1ccc(N)c(C#N)c1C1CCc2c(N(C)C)cc(CC)nc2C1. The van der Waals surface area contributed by atoms with Crippen molar-refractivity contribution in [2.75, 3.05) is 37.8 Å². The van der Waals surface area contributed by atoms with Gasteiger partial charge in [0.15, 0.2) is 0 Å². The largest absolute Gasteiger partial charge is 0.398 e. The van der Waals surface area contributed by atoms with Crippen molar-refractivity contribution in [3.8, 4) is 6.07 Å². The van der Waals surface area contributed by atoms with Gasteiger partial charge in [-0.2, -0.15) is 5.26 Å². The number of fused-ring (bicyclic) bond motifs is 2. The van der Waals surface area contributed by atoms with Crippen molar-refractivity contribution in [2.45, 2.75) is 96.2 Å². The van der Waals surface area contributed by atoms with Crippen LogP contribution in [0.15, 0.2) is 18.2 Å². The molecule has 0 radical (unpaired) electrons. The van der Waals surface area contributed by atoms with Crippen LogP contribution in [-0.4, -0.2) is 48.8 Å². The average Bonchev–Trinajstić information content (AvgIpc) is 3.36. The lowest BCUT2D eigenvalue weighted by atomic mass is 9.77. The number of nitrogens with zero attached hydrogens (tertiary/aromatic N) is 4. The summed E-state index contributed by atoms with van der Waals surface area (Å²) in [6.45, 7) is 8.34. The Kier molecular flexibility index (Phi) is 8.43. The summed E-state index contributed by atoms with van der Waals surface area (Å²) in [5.41, 5.74) is 15.1. The third kappa shape index (κ3) is 5.62. The van der Waals surface area contributed by atoms with Gasteiger partial charge in [-0.1, -0.05) is 26.3 Å². The summed E-state index contributed by atoms with van der Waals surface area (Å²) in [5.74, 6) is 0.312. The molecule has 2 fully saturated rings. The zero-order valence-electron chi connectivity index (χ0n) is 23.4. The lowest BCUT2D eigenvalue weighted by molar-refractivity contribution is 0.217. The standard InChI is InChI=1S/C23H30N4.C8H14FN/c1-5-7-15-9-11-20(25)19(14-24)23(15)16-8-10-18-21(12-16)26-17(6-2)13-22(18)27(3)4;1-8-3-2-4-10(8)6-7(9)5-8/h9,11,13,16H,5-8,10,12,25H2,1-4H3;7H,2-6H2,1H3. The Morgan fingerprint density at radius 2 is 2.08 bits per heavy atom. The zero-order valence-corrected chi connectivity index (χ0v) is 23.4. The molecule has 2 saturated heterocycles. The van der Waals surface area contributed by atoms with E-state index in [2.05, 4.69) is 62.9 Å². The maximum atomic E-state index is 12.8. The monoisotopic (exact) mass is 505 g/mol. The molecule has 37 heavy (non-hydrogen) atoms. The number of nitrogens with two attached hydrogens (primary N) is 1. The maximum Gasteiger partial charge on any atom is 0.115 e. The van der Waals surface area contributed by atoms with Crippen LogP contribution in [0.25, 0.3) is 0 Å². The van der Waals surface area contributed by atoms with Gasteiger partial charge >= 0.3 is 0 Å². The molecular weight excluding hydrogens is 461 g/mol. The number of nitriles is 1. The van der Waals surface area contributed by atoms with Crippen molar-refractivity contribution >= 4 is 11.4 Å². The van der Waals surface area contributed by atoms with E-state index in [-0.39, 0.29) is 5.54 Å². The summed E-state index contributed by atoms with van der Waals surface area (Å²) < 4.78 is 12.8. The molecule has 0 amide bonds. The lowest BCUT2D eigenvalue weighted by Crippen LogP contribution is -2.34. The average molecular weight is 506 g/mol. The third-order valence-corrected chi connectivity index (χ3v) is 8.66. The first-order valence-corrected chi connectivity index (χ1v) is 14.1. The second-order valence-electron chi connectivity index (χ2n) is 11.6. The number of alkyl halides is 1. The van der Waals surface area contributed by atoms with E-state index < -0.39 is 6.17 Å². The number of anilines is 2. The van der Waals surface area contributed by atoms with E-state index in [4.69, 9.17) is 10.7 Å². The van der Waals surface area contributed by atoms with E-state index in [9.17, 15) is 9.65 Å². The van der Waals surface area contributed by atoms with Gasteiger partial charge in [0.25, 0.3) is 0 Å². The van der Waals surface area contributed by atoms with Crippen molar-refractivity contribution in [1.82, 2.24) is 9.88 Å². The van der Waals surface area contributed by atoms with Gasteiger partial charge in [-0.05, 0) is 99.6 Å². The molecule has 3 heterocycles. The van der Waals surface area contributed by atoms with Crippen molar-refractivity contribution in [3.05, 3.63) is 51.8 Å².